The molecule has 0 saturated heterocycles. The molecule has 0 spiro atoms. The van der Waals surface area contributed by atoms with Crippen LogP contribution in [-0.2, 0) is 9.53 Å². The van der Waals surface area contributed by atoms with E-state index < -0.39 is 0 Å². The van der Waals surface area contributed by atoms with Gasteiger partial charge in [-0.05, 0) is 43.4 Å². The van der Waals surface area contributed by atoms with Crippen LogP contribution in [0, 0.1) is 0 Å². The second kappa shape index (κ2) is 8.03. The quantitative estimate of drug-likeness (QED) is 0.781. The van der Waals surface area contributed by atoms with Gasteiger partial charge >= 0.3 is 5.97 Å². The Morgan fingerprint density at radius 2 is 2.00 bits per heavy atom. The highest BCUT2D eigenvalue weighted by Crippen LogP contribution is 2.34. The Hall–Kier alpha value is -1.75. The number of methoxy groups -OCH3 is 2. The molecule has 1 aliphatic rings. The maximum atomic E-state index is 11.5. The monoisotopic (exact) mass is 308 g/mol. The third-order valence-electron chi connectivity index (χ3n) is 4.24. The summed E-state index contributed by atoms with van der Waals surface area (Å²) in [5, 5.41) is 0. The topological polar surface area (TPSA) is 72.4 Å². The fourth-order valence-corrected chi connectivity index (χ4v) is 2.90. The Labute approximate surface area is 131 Å². The van der Waals surface area contributed by atoms with E-state index in [-0.39, 0.29) is 18.0 Å². The number of hydrogen-bond donors (Lipinski definition) is 1. The van der Waals surface area contributed by atoms with Gasteiger partial charge in [-0.15, -0.1) is 0 Å². The maximum absolute atomic E-state index is 11.5. The van der Waals surface area contributed by atoms with Crippen LogP contribution in [0.2, 0.25) is 0 Å². The number of benzene rings is 1. The van der Waals surface area contributed by atoms with E-state index in [2.05, 4.69) is 5.73 Å². The number of ether oxygens (including phenoxy) is 3. The van der Waals surface area contributed by atoms with Crippen LogP contribution in [0.3, 0.4) is 0 Å². The van der Waals surface area contributed by atoms with Crippen LogP contribution in [0.15, 0.2) is 18.2 Å². The van der Waals surface area contributed by atoms with Gasteiger partial charge in [-0.1, -0.05) is 6.07 Å². The molecular weight excluding hydrogens is 282 g/mol. The fourth-order valence-electron chi connectivity index (χ4n) is 2.90. The Morgan fingerprint density at radius 3 is 2.59 bits per heavy atom. The summed E-state index contributed by atoms with van der Waals surface area (Å²) < 4.78 is 16.3. The Bertz CT molecular complexity index is 497. The maximum Gasteiger partial charge on any atom is 0.306 e. The Balaban J connectivity index is 2.18. The van der Waals surface area contributed by atoms with Crippen LogP contribution < -0.4 is 15.2 Å². The predicted molar refractivity (Wildman–Crippen MR) is 83.0 cm³/mol. The molecule has 0 aliphatic heterocycles. The molecule has 5 heteroatoms. The molecule has 0 amide bonds. The van der Waals surface area contributed by atoms with Gasteiger partial charge in [0.15, 0.2) is 11.5 Å². The molecule has 22 heavy (non-hydrogen) atoms. The van der Waals surface area contributed by atoms with E-state index in [9.17, 15) is 4.79 Å². The number of esters is 1. The highest BCUT2D eigenvalue weighted by atomic mass is 16.5. The lowest BCUT2D eigenvalue weighted by molar-refractivity contribution is -0.372. The first-order chi connectivity index (χ1) is 10.7. The average Bonchev–Trinajstić information content (AvgIpc) is 3.05. The van der Waals surface area contributed by atoms with E-state index in [4.69, 9.17) is 14.2 Å². The van der Waals surface area contributed by atoms with Crippen molar-refractivity contribution in [3.05, 3.63) is 23.8 Å². The Kier molecular flexibility index (Phi) is 6.07. The molecule has 0 unspecified atom stereocenters. The number of carbonyl (C=O) groups excluding carboxylic acids is 1. The summed E-state index contributed by atoms with van der Waals surface area (Å²) in [5.74, 6) is 1.30. The van der Waals surface area contributed by atoms with Gasteiger partial charge in [0.05, 0.1) is 33.3 Å². The first-order valence-electron chi connectivity index (χ1n) is 7.88. The number of rotatable bonds is 7. The molecule has 1 aromatic carbocycles. The van der Waals surface area contributed by atoms with Crippen molar-refractivity contribution in [1.29, 1.82) is 0 Å². The second-order valence-electron chi connectivity index (χ2n) is 5.70. The van der Waals surface area contributed by atoms with Crippen LogP contribution in [0.5, 0.6) is 11.5 Å². The molecule has 1 aliphatic carbocycles. The number of hydrogen-bond acceptors (Lipinski definition) is 4. The van der Waals surface area contributed by atoms with E-state index in [0.717, 1.165) is 29.9 Å². The summed E-state index contributed by atoms with van der Waals surface area (Å²) >= 11 is 0. The van der Waals surface area contributed by atoms with Gasteiger partial charge in [0, 0.05) is 5.92 Å². The van der Waals surface area contributed by atoms with Gasteiger partial charge in [0.25, 0.3) is 0 Å². The van der Waals surface area contributed by atoms with Crippen LogP contribution >= 0.6 is 0 Å². The molecule has 1 fully saturated rings. The summed E-state index contributed by atoms with van der Waals surface area (Å²) in [7, 11) is 3.05. The first-order valence-corrected chi connectivity index (χ1v) is 7.88. The van der Waals surface area contributed by atoms with Crippen LogP contribution in [0.4, 0.5) is 0 Å². The van der Waals surface area contributed by atoms with Gasteiger partial charge in [-0.3, -0.25) is 4.79 Å². The van der Waals surface area contributed by atoms with E-state index >= 15 is 0 Å². The highest BCUT2D eigenvalue weighted by molar-refractivity contribution is 5.70. The van der Waals surface area contributed by atoms with E-state index in [1.807, 2.05) is 18.2 Å². The summed E-state index contributed by atoms with van der Waals surface area (Å²) in [4.78, 5) is 11.5. The summed E-state index contributed by atoms with van der Waals surface area (Å²) in [5.41, 5.74) is 4.98. The van der Waals surface area contributed by atoms with Gasteiger partial charge < -0.3 is 19.9 Å². The first kappa shape index (κ1) is 16.6. The van der Waals surface area contributed by atoms with Crippen molar-refractivity contribution < 1.29 is 24.7 Å². The minimum Gasteiger partial charge on any atom is -0.493 e. The standard InChI is InChI=1S/C17H25NO4/c1-20-15-8-7-12(13(11-18)10-17(19)21-2)9-16(15)22-14-5-3-4-6-14/h7-9,13-14H,3-6,10-11,18H2,1-2H3/p+1/t13-/m0/s1. The van der Waals surface area contributed by atoms with Gasteiger partial charge in [0.2, 0.25) is 0 Å². The third-order valence-corrected chi connectivity index (χ3v) is 4.24. The molecular formula is C17H26NO4+. The molecule has 0 heterocycles. The zero-order chi connectivity index (χ0) is 15.9. The summed E-state index contributed by atoms with van der Waals surface area (Å²) in [6, 6.07) is 5.86. The summed E-state index contributed by atoms with van der Waals surface area (Å²) in [6.07, 6.45) is 5.22. The SMILES string of the molecule is COC(=O)C[C@@H](C[NH3+])c1ccc(OC)c(OC2CCCC2)c1. The molecule has 1 saturated carbocycles. The van der Waals surface area contributed by atoms with Crippen molar-refractivity contribution in [2.75, 3.05) is 20.8 Å². The van der Waals surface area contributed by atoms with E-state index in [1.165, 1.54) is 20.0 Å². The minimum absolute atomic E-state index is 0.0317. The van der Waals surface area contributed by atoms with Crippen molar-refractivity contribution in [2.24, 2.45) is 0 Å². The minimum atomic E-state index is -0.220. The molecule has 1 atom stereocenters. The van der Waals surface area contributed by atoms with Crippen molar-refractivity contribution in [3.8, 4) is 11.5 Å². The second-order valence-corrected chi connectivity index (χ2v) is 5.70. The third kappa shape index (κ3) is 4.13. The highest BCUT2D eigenvalue weighted by Gasteiger charge is 2.22. The van der Waals surface area contributed by atoms with Crippen molar-refractivity contribution in [1.82, 2.24) is 0 Å². The molecule has 5 nitrogen and oxygen atoms in total. The lowest BCUT2D eigenvalue weighted by atomic mass is 9.95. The van der Waals surface area contributed by atoms with Crippen molar-refractivity contribution in [2.45, 2.75) is 44.1 Å². The van der Waals surface area contributed by atoms with E-state index in [0.29, 0.717) is 13.0 Å². The summed E-state index contributed by atoms with van der Waals surface area (Å²) in [6.45, 7) is 0.629. The van der Waals surface area contributed by atoms with Crippen LogP contribution in [0.25, 0.3) is 0 Å². The Morgan fingerprint density at radius 1 is 1.27 bits per heavy atom. The zero-order valence-corrected chi connectivity index (χ0v) is 13.5. The lowest BCUT2D eigenvalue weighted by Gasteiger charge is -2.19. The molecule has 0 radical (unpaired) electrons. The largest absolute Gasteiger partial charge is 0.493 e. The number of quaternary nitrogens is 1. The molecule has 2 rings (SSSR count). The van der Waals surface area contributed by atoms with Crippen molar-refractivity contribution >= 4 is 5.97 Å². The van der Waals surface area contributed by atoms with Crippen molar-refractivity contribution in [3.63, 3.8) is 0 Å². The van der Waals surface area contributed by atoms with Crippen LogP contribution in [0.1, 0.15) is 43.6 Å². The van der Waals surface area contributed by atoms with Gasteiger partial charge in [-0.25, -0.2) is 0 Å². The molecule has 1 aromatic rings. The van der Waals surface area contributed by atoms with Gasteiger partial charge in [-0.2, -0.15) is 0 Å². The average molecular weight is 308 g/mol. The molecule has 3 N–H and O–H groups in total. The van der Waals surface area contributed by atoms with E-state index in [1.54, 1.807) is 7.11 Å². The molecule has 0 bridgehead atoms. The smallest absolute Gasteiger partial charge is 0.306 e. The fraction of sp³-hybridized carbons (Fsp3) is 0.588. The van der Waals surface area contributed by atoms with Crippen LogP contribution in [-0.4, -0.2) is 32.8 Å². The predicted octanol–water partition coefficient (Wildman–Crippen LogP) is 1.91. The normalized spacial score (nSPS) is 16.3. The molecule has 122 valence electrons. The molecule has 0 aromatic heterocycles. The number of carbonyl (C=O) groups is 1. The van der Waals surface area contributed by atoms with Gasteiger partial charge in [0.1, 0.15) is 0 Å². The zero-order valence-electron chi connectivity index (χ0n) is 13.5. The lowest BCUT2D eigenvalue weighted by Crippen LogP contribution is -2.53.